The Morgan fingerprint density at radius 2 is 1.95 bits per heavy atom. The van der Waals surface area contributed by atoms with E-state index in [1.54, 1.807) is 0 Å². The van der Waals surface area contributed by atoms with E-state index in [-0.39, 0.29) is 5.78 Å². The van der Waals surface area contributed by atoms with Crippen LogP contribution >= 0.6 is 0 Å². The van der Waals surface area contributed by atoms with E-state index in [1.165, 1.54) is 0 Å². The van der Waals surface area contributed by atoms with Crippen LogP contribution in [-0.2, 0) is 9.53 Å². The summed E-state index contributed by atoms with van der Waals surface area (Å²) in [7, 11) is 0. The zero-order chi connectivity index (χ0) is 13.7. The second-order valence-corrected chi connectivity index (χ2v) is 4.98. The van der Waals surface area contributed by atoms with Crippen molar-refractivity contribution in [1.29, 1.82) is 0 Å². The highest BCUT2D eigenvalue weighted by atomic mass is 16.5. The molecule has 2 rings (SSSR count). The molecule has 1 aliphatic heterocycles. The number of hydrogen-bond donors (Lipinski definition) is 1. The molecule has 0 bridgehead atoms. The quantitative estimate of drug-likeness (QED) is 0.870. The van der Waals surface area contributed by atoms with Crippen LogP contribution in [0, 0.1) is 6.92 Å². The number of Topliss-reactive ketones (excluding diaryl/α,β-unsaturated/α-hetero) is 1. The SMILES string of the molecule is Cc1ccc(C(O)C(=O)CCN2CCOCC2)cc1. The predicted octanol–water partition coefficient (Wildman–Crippen LogP) is 1.32. The first-order valence-electron chi connectivity index (χ1n) is 6.74. The van der Waals surface area contributed by atoms with Gasteiger partial charge in [0.2, 0.25) is 0 Å². The van der Waals surface area contributed by atoms with Crippen molar-refractivity contribution < 1.29 is 14.6 Å². The molecule has 1 fully saturated rings. The molecule has 1 unspecified atom stereocenters. The van der Waals surface area contributed by atoms with Gasteiger partial charge in [-0.15, -0.1) is 0 Å². The van der Waals surface area contributed by atoms with E-state index in [0.717, 1.165) is 31.9 Å². The number of rotatable bonds is 5. The number of ether oxygens (including phenoxy) is 1. The maximum atomic E-state index is 12.0. The largest absolute Gasteiger partial charge is 0.381 e. The molecule has 4 heteroatoms. The molecule has 1 heterocycles. The predicted molar refractivity (Wildman–Crippen MR) is 73.0 cm³/mol. The molecular weight excluding hydrogens is 242 g/mol. The van der Waals surface area contributed by atoms with Crippen molar-refractivity contribution in [3.8, 4) is 0 Å². The van der Waals surface area contributed by atoms with Gasteiger partial charge in [0.25, 0.3) is 0 Å². The number of aliphatic hydroxyl groups is 1. The molecule has 4 nitrogen and oxygen atoms in total. The van der Waals surface area contributed by atoms with Crippen molar-refractivity contribution in [1.82, 2.24) is 4.90 Å². The summed E-state index contributed by atoms with van der Waals surface area (Å²) in [6.07, 6.45) is -0.615. The summed E-state index contributed by atoms with van der Waals surface area (Å²) in [6.45, 7) is 5.88. The Labute approximate surface area is 114 Å². The number of aliphatic hydroxyl groups excluding tert-OH is 1. The molecule has 19 heavy (non-hydrogen) atoms. The van der Waals surface area contributed by atoms with Crippen LogP contribution in [0.25, 0.3) is 0 Å². The van der Waals surface area contributed by atoms with Crippen molar-refractivity contribution in [3.05, 3.63) is 35.4 Å². The summed E-state index contributed by atoms with van der Waals surface area (Å²) in [5.74, 6) is -0.115. The van der Waals surface area contributed by atoms with E-state index >= 15 is 0 Å². The highest BCUT2D eigenvalue weighted by Crippen LogP contribution is 2.16. The molecule has 1 aliphatic rings. The monoisotopic (exact) mass is 263 g/mol. The van der Waals surface area contributed by atoms with Gasteiger partial charge in [0.05, 0.1) is 13.2 Å². The van der Waals surface area contributed by atoms with Gasteiger partial charge in [-0.2, -0.15) is 0 Å². The van der Waals surface area contributed by atoms with E-state index in [2.05, 4.69) is 4.90 Å². The maximum absolute atomic E-state index is 12.0. The first-order chi connectivity index (χ1) is 9.16. The van der Waals surface area contributed by atoms with E-state index in [0.29, 0.717) is 18.5 Å². The maximum Gasteiger partial charge on any atom is 0.167 e. The normalized spacial score (nSPS) is 18.2. The molecule has 0 spiro atoms. The van der Waals surface area contributed by atoms with Crippen molar-refractivity contribution in [3.63, 3.8) is 0 Å². The number of hydrogen-bond acceptors (Lipinski definition) is 4. The summed E-state index contributed by atoms with van der Waals surface area (Å²) in [6, 6.07) is 7.45. The number of carbonyl (C=O) groups is 1. The van der Waals surface area contributed by atoms with Crippen molar-refractivity contribution in [2.75, 3.05) is 32.8 Å². The highest BCUT2D eigenvalue weighted by Gasteiger charge is 2.19. The average Bonchev–Trinajstić information content (AvgIpc) is 2.46. The highest BCUT2D eigenvalue weighted by molar-refractivity contribution is 5.84. The van der Waals surface area contributed by atoms with Gasteiger partial charge < -0.3 is 9.84 Å². The van der Waals surface area contributed by atoms with Crippen LogP contribution in [0.15, 0.2) is 24.3 Å². The molecule has 1 aromatic rings. The molecule has 104 valence electrons. The second-order valence-electron chi connectivity index (χ2n) is 4.98. The van der Waals surface area contributed by atoms with Crippen LogP contribution in [-0.4, -0.2) is 48.6 Å². The fraction of sp³-hybridized carbons (Fsp3) is 0.533. The minimum absolute atomic E-state index is 0.115. The molecule has 0 saturated carbocycles. The lowest BCUT2D eigenvalue weighted by atomic mass is 10.0. The summed E-state index contributed by atoms with van der Waals surface area (Å²) in [5.41, 5.74) is 1.80. The van der Waals surface area contributed by atoms with Crippen LogP contribution in [0.3, 0.4) is 0 Å². The minimum Gasteiger partial charge on any atom is -0.381 e. The van der Waals surface area contributed by atoms with Crippen LogP contribution in [0.5, 0.6) is 0 Å². The molecule has 0 radical (unpaired) electrons. The third kappa shape index (κ3) is 4.13. The molecule has 0 aliphatic carbocycles. The average molecular weight is 263 g/mol. The molecule has 1 saturated heterocycles. The van der Waals surface area contributed by atoms with Gasteiger partial charge in [0.1, 0.15) is 6.10 Å². The fourth-order valence-electron chi connectivity index (χ4n) is 2.16. The Morgan fingerprint density at radius 1 is 1.32 bits per heavy atom. The lowest BCUT2D eigenvalue weighted by molar-refractivity contribution is -0.128. The van der Waals surface area contributed by atoms with E-state index in [9.17, 15) is 9.90 Å². The zero-order valence-corrected chi connectivity index (χ0v) is 11.3. The molecule has 0 aromatic heterocycles. The Kier molecular flexibility index (Phi) is 5.07. The van der Waals surface area contributed by atoms with Gasteiger partial charge in [-0.25, -0.2) is 0 Å². The summed E-state index contributed by atoms with van der Waals surface area (Å²) >= 11 is 0. The van der Waals surface area contributed by atoms with Gasteiger partial charge >= 0.3 is 0 Å². The van der Waals surface area contributed by atoms with Crippen LogP contribution < -0.4 is 0 Å². The van der Waals surface area contributed by atoms with Crippen LogP contribution in [0.1, 0.15) is 23.7 Å². The first-order valence-corrected chi connectivity index (χ1v) is 6.74. The molecular formula is C15H21NO3. The summed E-state index contributed by atoms with van der Waals surface area (Å²) < 4.78 is 5.26. The van der Waals surface area contributed by atoms with E-state index in [4.69, 9.17) is 4.74 Å². The van der Waals surface area contributed by atoms with Crippen molar-refractivity contribution in [2.24, 2.45) is 0 Å². The van der Waals surface area contributed by atoms with Crippen LogP contribution in [0.2, 0.25) is 0 Å². The topological polar surface area (TPSA) is 49.8 Å². The lowest BCUT2D eigenvalue weighted by Crippen LogP contribution is -2.37. The van der Waals surface area contributed by atoms with Crippen LogP contribution in [0.4, 0.5) is 0 Å². The fourth-order valence-corrected chi connectivity index (χ4v) is 2.16. The standard InChI is InChI=1S/C15H21NO3/c1-12-2-4-13(5-3-12)15(18)14(17)6-7-16-8-10-19-11-9-16/h2-5,15,18H,6-11H2,1H3. The third-order valence-corrected chi connectivity index (χ3v) is 3.48. The molecule has 1 N–H and O–H groups in total. The van der Waals surface area contributed by atoms with Crippen molar-refractivity contribution >= 4 is 5.78 Å². The number of aryl methyl sites for hydroxylation is 1. The zero-order valence-electron chi connectivity index (χ0n) is 11.3. The number of carbonyl (C=O) groups excluding carboxylic acids is 1. The third-order valence-electron chi connectivity index (χ3n) is 3.48. The number of nitrogens with zero attached hydrogens (tertiary/aromatic N) is 1. The van der Waals surface area contributed by atoms with Gasteiger partial charge in [-0.1, -0.05) is 29.8 Å². The Morgan fingerprint density at radius 3 is 2.58 bits per heavy atom. The number of morpholine rings is 1. The smallest absolute Gasteiger partial charge is 0.167 e. The molecule has 1 aromatic carbocycles. The molecule has 0 amide bonds. The van der Waals surface area contributed by atoms with Crippen molar-refractivity contribution in [2.45, 2.75) is 19.4 Å². The first kappa shape index (κ1) is 14.2. The van der Waals surface area contributed by atoms with Gasteiger partial charge in [0, 0.05) is 26.1 Å². The van der Waals surface area contributed by atoms with Gasteiger partial charge in [-0.3, -0.25) is 9.69 Å². The van der Waals surface area contributed by atoms with E-state index in [1.807, 2.05) is 31.2 Å². The minimum atomic E-state index is -0.998. The Balaban J connectivity index is 1.83. The van der Waals surface area contributed by atoms with E-state index < -0.39 is 6.10 Å². The van der Waals surface area contributed by atoms with Gasteiger partial charge in [-0.05, 0) is 12.5 Å². The number of ketones is 1. The van der Waals surface area contributed by atoms with Gasteiger partial charge in [0.15, 0.2) is 5.78 Å². The Hall–Kier alpha value is -1.23. The summed E-state index contributed by atoms with van der Waals surface area (Å²) in [4.78, 5) is 14.2. The number of benzene rings is 1. The Bertz CT molecular complexity index is 410. The lowest BCUT2D eigenvalue weighted by Gasteiger charge is -2.26. The second kappa shape index (κ2) is 6.80. The molecule has 1 atom stereocenters. The summed E-state index contributed by atoms with van der Waals surface area (Å²) in [5, 5.41) is 10.0.